The molecule has 1 heterocycles. The molecule has 4 aromatic carbocycles. The predicted molar refractivity (Wildman–Crippen MR) is 197 cm³/mol. The lowest BCUT2D eigenvalue weighted by atomic mass is 10.0. The number of amides is 2. The molecule has 1 atom stereocenters. The number of phenols is 1. The minimum absolute atomic E-state index is 0.136. The number of carbonyl (C=O) groups excluding carboxylic acids is 2. The zero-order chi connectivity index (χ0) is 37.1. The number of phenolic OH excluding ortho intramolecular Hbond substituents is 1. The molecule has 2 amide bonds. The number of halogens is 3. The first kappa shape index (κ1) is 38.1. The summed E-state index contributed by atoms with van der Waals surface area (Å²) in [5.74, 6) is -0.477. The van der Waals surface area contributed by atoms with Crippen LogP contribution in [0.1, 0.15) is 27.8 Å². The average molecular weight is 715 g/mol. The Labute approximate surface area is 303 Å². The Morgan fingerprint density at radius 3 is 2.06 bits per heavy atom. The number of anilines is 1. The fourth-order valence-electron chi connectivity index (χ4n) is 6.06. The SMILES string of the molecule is CN(CCN(C)C(=O)[C@H](Cc1ccccc1)N(Cc1ccc(N2CCOCC2)cc1)C(=O)C=Cc1ccc(C(F)(F)F)cc1)Cc1ccc(O)cc1. The number of hydrogen-bond acceptors (Lipinski definition) is 6. The summed E-state index contributed by atoms with van der Waals surface area (Å²) in [6, 6.07) is 28.1. The van der Waals surface area contributed by atoms with Gasteiger partial charge in [-0.15, -0.1) is 0 Å². The molecule has 0 aromatic heterocycles. The van der Waals surface area contributed by atoms with E-state index in [1.807, 2.05) is 73.8 Å². The van der Waals surface area contributed by atoms with Gasteiger partial charge >= 0.3 is 6.18 Å². The van der Waals surface area contributed by atoms with Crippen LogP contribution in [0.25, 0.3) is 6.08 Å². The number of benzene rings is 4. The Morgan fingerprint density at radius 2 is 1.42 bits per heavy atom. The van der Waals surface area contributed by atoms with Crippen molar-refractivity contribution in [1.82, 2.24) is 14.7 Å². The van der Waals surface area contributed by atoms with Crippen LogP contribution in [0.2, 0.25) is 0 Å². The van der Waals surface area contributed by atoms with Crippen molar-refractivity contribution in [3.63, 3.8) is 0 Å². The minimum atomic E-state index is -4.47. The van der Waals surface area contributed by atoms with Gasteiger partial charge in [0.2, 0.25) is 11.8 Å². The van der Waals surface area contributed by atoms with Gasteiger partial charge in [-0.1, -0.05) is 66.7 Å². The Bertz CT molecular complexity index is 1760. The van der Waals surface area contributed by atoms with E-state index in [0.717, 1.165) is 47.6 Å². The third-order valence-electron chi connectivity index (χ3n) is 9.12. The summed E-state index contributed by atoms with van der Waals surface area (Å²) in [4.78, 5) is 36.1. The second kappa shape index (κ2) is 17.9. The zero-order valence-electron chi connectivity index (χ0n) is 29.5. The summed E-state index contributed by atoms with van der Waals surface area (Å²) in [5.41, 5.74) is 3.42. The van der Waals surface area contributed by atoms with Crippen LogP contribution in [0.15, 0.2) is 109 Å². The molecule has 0 spiro atoms. The van der Waals surface area contributed by atoms with Crippen LogP contribution in [0.5, 0.6) is 5.75 Å². The molecule has 0 radical (unpaired) electrons. The lowest BCUT2D eigenvalue weighted by Gasteiger charge is -2.34. The highest BCUT2D eigenvalue weighted by Gasteiger charge is 2.32. The molecular weight excluding hydrogens is 669 g/mol. The summed E-state index contributed by atoms with van der Waals surface area (Å²) in [7, 11) is 3.68. The Hall–Kier alpha value is -5.13. The monoisotopic (exact) mass is 714 g/mol. The normalized spacial score (nSPS) is 14.1. The third-order valence-corrected chi connectivity index (χ3v) is 9.12. The molecule has 11 heteroatoms. The van der Waals surface area contributed by atoms with Crippen molar-refractivity contribution in [3.05, 3.63) is 137 Å². The number of morpholine rings is 1. The first-order valence-corrected chi connectivity index (χ1v) is 17.3. The van der Waals surface area contributed by atoms with Gasteiger partial charge in [-0.3, -0.25) is 9.59 Å². The first-order valence-electron chi connectivity index (χ1n) is 17.3. The Morgan fingerprint density at radius 1 is 0.808 bits per heavy atom. The topological polar surface area (TPSA) is 76.6 Å². The van der Waals surface area contributed by atoms with Gasteiger partial charge in [-0.25, -0.2) is 0 Å². The number of aromatic hydroxyl groups is 1. The number of carbonyl (C=O) groups is 2. The van der Waals surface area contributed by atoms with Crippen molar-refractivity contribution < 1.29 is 32.6 Å². The maximum atomic E-state index is 14.4. The molecule has 0 saturated carbocycles. The first-order chi connectivity index (χ1) is 25.0. The molecule has 0 aliphatic carbocycles. The van der Waals surface area contributed by atoms with Crippen molar-refractivity contribution in [2.24, 2.45) is 0 Å². The molecule has 1 aliphatic rings. The zero-order valence-corrected chi connectivity index (χ0v) is 29.5. The lowest BCUT2D eigenvalue weighted by Crippen LogP contribution is -2.51. The van der Waals surface area contributed by atoms with Crippen LogP contribution < -0.4 is 4.90 Å². The maximum absolute atomic E-state index is 14.4. The van der Waals surface area contributed by atoms with Gasteiger partial charge in [0.1, 0.15) is 11.8 Å². The van der Waals surface area contributed by atoms with Crippen LogP contribution in [-0.2, 0) is 40.0 Å². The second-order valence-corrected chi connectivity index (χ2v) is 13.1. The second-order valence-electron chi connectivity index (χ2n) is 13.1. The number of nitrogens with zero attached hydrogens (tertiary/aromatic N) is 4. The number of ether oxygens (including phenoxy) is 1. The summed E-state index contributed by atoms with van der Waals surface area (Å²) in [6.45, 7) is 4.58. The number of hydrogen-bond donors (Lipinski definition) is 1. The van der Waals surface area contributed by atoms with Crippen LogP contribution in [0.3, 0.4) is 0 Å². The molecule has 1 saturated heterocycles. The van der Waals surface area contributed by atoms with Crippen molar-refractivity contribution >= 4 is 23.6 Å². The molecule has 52 heavy (non-hydrogen) atoms. The highest BCUT2D eigenvalue weighted by Crippen LogP contribution is 2.29. The molecule has 0 bridgehead atoms. The van der Waals surface area contributed by atoms with Crippen molar-refractivity contribution in [1.29, 1.82) is 0 Å². The van der Waals surface area contributed by atoms with Crippen LogP contribution in [0, 0.1) is 0 Å². The van der Waals surface area contributed by atoms with E-state index in [1.54, 1.807) is 29.0 Å². The van der Waals surface area contributed by atoms with E-state index in [-0.39, 0.29) is 24.6 Å². The fourth-order valence-corrected chi connectivity index (χ4v) is 6.06. The quantitative estimate of drug-likeness (QED) is 0.151. The Kier molecular flexibility index (Phi) is 13.1. The van der Waals surface area contributed by atoms with E-state index < -0.39 is 23.7 Å². The minimum Gasteiger partial charge on any atom is -0.508 e. The molecule has 1 N–H and O–H groups in total. The smallest absolute Gasteiger partial charge is 0.416 e. The van der Waals surface area contributed by atoms with Gasteiger partial charge in [0.25, 0.3) is 0 Å². The molecule has 4 aromatic rings. The largest absolute Gasteiger partial charge is 0.508 e. The van der Waals surface area contributed by atoms with E-state index in [4.69, 9.17) is 4.74 Å². The van der Waals surface area contributed by atoms with Gasteiger partial charge in [0.05, 0.1) is 18.8 Å². The molecule has 8 nitrogen and oxygen atoms in total. The summed E-state index contributed by atoms with van der Waals surface area (Å²) in [6.07, 6.45) is -1.41. The Balaban J connectivity index is 1.40. The number of alkyl halides is 3. The van der Waals surface area contributed by atoms with Crippen LogP contribution >= 0.6 is 0 Å². The van der Waals surface area contributed by atoms with Crippen LogP contribution in [0.4, 0.5) is 18.9 Å². The lowest BCUT2D eigenvalue weighted by molar-refractivity contribution is -0.143. The number of likely N-dealkylation sites (N-methyl/N-ethyl adjacent to an activating group) is 2. The standard InChI is InChI=1S/C41H45F3N4O4/c1-45(29-33-12-19-37(49)20-13-33)22-23-46(2)40(51)38(28-32-6-4-3-5-7-32)48(30-34-10-17-36(18-11-34)47-24-26-52-27-25-47)39(50)21-14-31-8-15-35(16-9-31)41(42,43)44/h3-21,38,49H,22-30H2,1-2H3/t38-/m0/s1. The van der Waals surface area contributed by atoms with E-state index in [9.17, 15) is 27.9 Å². The molecule has 1 fully saturated rings. The van der Waals surface area contributed by atoms with Crippen molar-refractivity contribution in [2.75, 3.05) is 58.4 Å². The average Bonchev–Trinajstić information content (AvgIpc) is 3.15. The summed E-state index contributed by atoms with van der Waals surface area (Å²) in [5, 5.41) is 9.62. The van der Waals surface area contributed by atoms with Gasteiger partial charge < -0.3 is 29.4 Å². The van der Waals surface area contributed by atoms with E-state index >= 15 is 0 Å². The fraction of sp³-hybridized carbons (Fsp3) is 0.317. The van der Waals surface area contributed by atoms with Gasteiger partial charge in [-0.2, -0.15) is 13.2 Å². The van der Waals surface area contributed by atoms with Crippen molar-refractivity contribution in [3.8, 4) is 5.75 Å². The molecule has 5 rings (SSSR count). The van der Waals surface area contributed by atoms with Gasteiger partial charge in [0.15, 0.2) is 0 Å². The molecule has 0 unspecified atom stereocenters. The van der Waals surface area contributed by atoms with Crippen molar-refractivity contribution in [2.45, 2.75) is 31.7 Å². The predicted octanol–water partition coefficient (Wildman–Crippen LogP) is 6.49. The summed E-state index contributed by atoms with van der Waals surface area (Å²) < 4.78 is 45.0. The molecule has 274 valence electrons. The van der Waals surface area contributed by atoms with Crippen LogP contribution in [-0.4, -0.2) is 91.2 Å². The summed E-state index contributed by atoms with van der Waals surface area (Å²) >= 11 is 0. The van der Waals surface area contributed by atoms with E-state index in [2.05, 4.69) is 9.80 Å². The van der Waals surface area contributed by atoms with Gasteiger partial charge in [-0.05, 0) is 71.8 Å². The molecule has 1 aliphatic heterocycles. The highest BCUT2D eigenvalue weighted by atomic mass is 19.4. The number of rotatable bonds is 14. The van der Waals surface area contributed by atoms with E-state index in [1.165, 1.54) is 24.3 Å². The van der Waals surface area contributed by atoms with E-state index in [0.29, 0.717) is 38.4 Å². The third kappa shape index (κ3) is 10.9. The van der Waals surface area contributed by atoms with Gasteiger partial charge in [0, 0.05) is 64.5 Å². The maximum Gasteiger partial charge on any atom is 0.416 e. The highest BCUT2D eigenvalue weighted by molar-refractivity contribution is 5.95. The molecular formula is C41H45F3N4O4.